The Morgan fingerprint density at radius 3 is 3.00 bits per heavy atom. The molecular weight excluding hydrogens is 172 g/mol. The Hall–Kier alpha value is -0.350. The van der Waals surface area contributed by atoms with Crippen molar-refractivity contribution in [2.75, 3.05) is 0 Å². The molecule has 1 aliphatic heterocycles. The number of aliphatic hydroxyl groups excluding tert-OH is 1. The van der Waals surface area contributed by atoms with Crippen LogP contribution in [0.25, 0.3) is 0 Å². The van der Waals surface area contributed by atoms with Crippen molar-refractivity contribution in [3.63, 3.8) is 0 Å². The van der Waals surface area contributed by atoms with Gasteiger partial charge >= 0.3 is 0 Å². The molecule has 4 heteroatoms. The molecule has 0 aromatic rings. The second kappa shape index (κ2) is 2.28. The molecule has 1 aliphatic rings. The Labute approximate surface area is 55.2 Å². The Kier molecular flexibility index (Phi) is 1.65. The fourth-order valence-corrected chi connectivity index (χ4v) is 0.736. The van der Waals surface area contributed by atoms with Gasteiger partial charge in [0.15, 0.2) is 6.23 Å². The summed E-state index contributed by atoms with van der Waals surface area (Å²) >= 11 is 3.13. The van der Waals surface area contributed by atoms with E-state index in [1.807, 2.05) is 0 Å². The summed E-state index contributed by atoms with van der Waals surface area (Å²) in [5.74, 6) is 0. The predicted molar refractivity (Wildman–Crippen MR) is 34.6 cm³/mol. The summed E-state index contributed by atoms with van der Waals surface area (Å²) in [6, 6.07) is 0. The summed E-state index contributed by atoms with van der Waals surface area (Å²) in [4.78, 5) is 3.59. The molecule has 0 bridgehead atoms. The second-order valence-corrected chi connectivity index (χ2v) is 2.21. The van der Waals surface area contributed by atoms with Crippen LogP contribution in [0.3, 0.4) is 0 Å². The number of nitrogens with one attached hydrogen (secondary N) is 1. The quantitative estimate of drug-likeness (QED) is 0.518. The van der Waals surface area contributed by atoms with Gasteiger partial charge in [-0.3, -0.25) is 0 Å². The zero-order valence-electron chi connectivity index (χ0n) is 4.00. The lowest BCUT2D eigenvalue weighted by Gasteiger charge is -2.06. The molecule has 0 saturated carbocycles. The monoisotopic (exact) mass is 176 g/mol. The standard InChI is InChI=1S/C4H5BrN2O/c5-3-1-4(8)7-2-6-3/h1-2,4,8H,(H,6,7). The average molecular weight is 177 g/mol. The van der Waals surface area contributed by atoms with Crippen LogP contribution in [0.2, 0.25) is 0 Å². The smallest absolute Gasteiger partial charge is 0.168 e. The highest BCUT2D eigenvalue weighted by atomic mass is 79.9. The minimum Gasteiger partial charge on any atom is -0.368 e. The third-order valence-electron chi connectivity index (χ3n) is 0.725. The molecule has 0 saturated heterocycles. The number of hydrogen-bond acceptors (Lipinski definition) is 3. The SMILES string of the molecule is OC1C=C(Br)NC=N1. The first-order valence-corrected chi connectivity index (χ1v) is 2.92. The number of aliphatic imine (C=N–C) groups is 1. The van der Waals surface area contributed by atoms with Crippen molar-refractivity contribution < 1.29 is 5.11 Å². The number of aliphatic hydroxyl groups is 1. The zero-order valence-corrected chi connectivity index (χ0v) is 5.59. The van der Waals surface area contributed by atoms with Gasteiger partial charge in [-0.2, -0.15) is 0 Å². The number of halogens is 1. The molecule has 3 nitrogen and oxygen atoms in total. The van der Waals surface area contributed by atoms with Gasteiger partial charge in [0, 0.05) is 0 Å². The van der Waals surface area contributed by atoms with E-state index in [9.17, 15) is 0 Å². The van der Waals surface area contributed by atoms with Crippen LogP contribution in [0.1, 0.15) is 0 Å². The third-order valence-corrected chi connectivity index (χ3v) is 1.22. The number of hydrogen-bond donors (Lipinski definition) is 2. The van der Waals surface area contributed by atoms with Crippen LogP contribution >= 0.6 is 15.9 Å². The van der Waals surface area contributed by atoms with Gasteiger partial charge in [-0.25, -0.2) is 4.99 Å². The molecule has 1 atom stereocenters. The summed E-state index contributed by atoms with van der Waals surface area (Å²) in [6.45, 7) is 0. The van der Waals surface area contributed by atoms with Crippen molar-refractivity contribution in [3.8, 4) is 0 Å². The van der Waals surface area contributed by atoms with Crippen molar-refractivity contribution in [2.24, 2.45) is 4.99 Å². The van der Waals surface area contributed by atoms with Crippen LogP contribution in [0.5, 0.6) is 0 Å². The molecule has 1 heterocycles. The Balaban J connectivity index is 2.60. The highest BCUT2D eigenvalue weighted by Crippen LogP contribution is 2.04. The van der Waals surface area contributed by atoms with Gasteiger partial charge < -0.3 is 10.4 Å². The molecule has 1 unspecified atom stereocenters. The molecule has 0 fully saturated rings. The van der Waals surface area contributed by atoms with E-state index in [1.54, 1.807) is 6.08 Å². The topological polar surface area (TPSA) is 44.6 Å². The summed E-state index contributed by atoms with van der Waals surface area (Å²) in [7, 11) is 0. The maximum absolute atomic E-state index is 8.74. The molecule has 0 radical (unpaired) electrons. The first-order chi connectivity index (χ1) is 3.79. The molecule has 0 aliphatic carbocycles. The van der Waals surface area contributed by atoms with Crippen LogP contribution in [0, 0.1) is 0 Å². The molecule has 1 rings (SSSR count). The molecular formula is C4H5BrN2O. The predicted octanol–water partition coefficient (Wildman–Crippen LogP) is 0.173. The lowest BCUT2D eigenvalue weighted by atomic mass is 10.5. The van der Waals surface area contributed by atoms with Crippen LogP contribution in [0.4, 0.5) is 0 Å². The summed E-state index contributed by atoms with van der Waals surface area (Å²) in [6.07, 6.45) is 2.31. The minimum absolute atomic E-state index is 0.689. The lowest BCUT2D eigenvalue weighted by Crippen LogP contribution is -2.16. The van der Waals surface area contributed by atoms with E-state index >= 15 is 0 Å². The molecule has 2 N–H and O–H groups in total. The molecule has 0 spiro atoms. The zero-order chi connectivity index (χ0) is 5.98. The van der Waals surface area contributed by atoms with Gasteiger partial charge in [-0.05, 0) is 22.0 Å². The van der Waals surface area contributed by atoms with Crippen LogP contribution in [0.15, 0.2) is 15.7 Å². The van der Waals surface area contributed by atoms with Gasteiger partial charge in [0.1, 0.15) is 0 Å². The van der Waals surface area contributed by atoms with E-state index < -0.39 is 6.23 Å². The third kappa shape index (κ3) is 1.31. The van der Waals surface area contributed by atoms with Crippen LogP contribution in [-0.4, -0.2) is 17.7 Å². The normalized spacial score (nSPS) is 26.8. The van der Waals surface area contributed by atoms with E-state index in [4.69, 9.17) is 5.11 Å². The maximum atomic E-state index is 8.74. The minimum atomic E-state index is -0.689. The van der Waals surface area contributed by atoms with Crippen molar-refractivity contribution in [3.05, 3.63) is 10.7 Å². The Morgan fingerprint density at radius 1 is 1.88 bits per heavy atom. The number of nitrogens with zero attached hydrogens (tertiary/aromatic N) is 1. The van der Waals surface area contributed by atoms with Crippen molar-refractivity contribution >= 4 is 22.3 Å². The van der Waals surface area contributed by atoms with E-state index in [1.165, 1.54) is 6.34 Å². The Morgan fingerprint density at radius 2 is 2.62 bits per heavy atom. The summed E-state index contributed by atoms with van der Waals surface area (Å²) in [5.41, 5.74) is 0. The largest absolute Gasteiger partial charge is 0.368 e. The van der Waals surface area contributed by atoms with Crippen molar-refractivity contribution in [1.29, 1.82) is 0 Å². The van der Waals surface area contributed by atoms with Gasteiger partial charge in [-0.15, -0.1) is 0 Å². The van der Waals surface area contributed by atoms with Gasteiger partial charge in [0.25, 0.3) is 0 Å². The molecule has 0 aromatic heterocycles. The fraction of sp³-hybridized carbons (Fsp3) is 0.250. The van der Waals surface area contributed by atoms with Gasteiger partial charge in [0.05, 0.1) is 10.9 Å². The van der Waals surface area contributed by atoms with Gasteiger partial charge in [-0.1, -0.05) is 0 Å². The fourth-order valence-electron chi connectivity index (χ4n) is 0.397. The van der Waals surface area contributed by atoms with E-state index in [-0.39, 0.29) is 0 Å². The number of rotatable bonds is 0. The molecule has 44 valence electrons. The van der Waals surface area contributed by atoms with E-state index in [2.05, 4.69) is 26.2 Å². The van der Waals surface area contributed by atoms with E-state index in [0.717, 1.165) is 4.61 Å². The maximum Gasteiger partial charge on any atom is 0.168 e. The first-order valence-electron chi connectivity index (χ1n) is 2.12. The summed E-state index contributed by atoms with van der Waals surface area (Å²) in [5, 5.41) is 11.5. The van der Waals surface area contributed by atoms with Crippen LogP contribution < -0.4 is 5.32 Å². The molecule has 8 heavy (non-hydrogen) atoms. The highest BCUT2D eigenvalue weighted by molar-refractivity contribution is 9.11. The van der Waals surface area contributed by atoms with Crippen molar-refractivity contribution in [2.45, 2.75) is 6.23 Å². The summed E-state index contributed by atoms with van der Waals surface area (Å²) < 4.78 is 0.750. The highest BCUT2D eigenvalue weighted by Gasteiger charge is 1.99. The van der Waals surface area contributed by atoms with Gasteiger partial charge in [0.2, 0.25) is 0 Å². The Bertz CT molecular complexity index is 143. The molecule has 0 aromatic carbocycles. The molecule has 0 amide bonds. The van der Waals surface area contributed by atoms with Crippen molar-refractivity contribution in [1.82, 2.24) is 5.32 Å². The van der Waals surface area contributed by atoms with Crippen LogP contribution in [-0.2, 0) is 0 Å². The second-order valence-electron chi connectivity index (χ2n) is 1.35. The lowest BCUT2D eigenvalue weighted by molar-refractivity contribution is 0.232. The first kappa shape index (κ1) is 5.78. The van der Waals surface area contributed by atoms with E-state index in [0.29, 0.717) is 0 Å². The average Bonchev–Trinajstić information content (AvgIpc) is 1.64.